The van der Waals surface area contributed by atoms with Crippen LogP contribution in [0.5, 0.6) is 0 Å². The first-order valence-corrected chi connectivity index (χ1v) is 10.5. The molecule has 2 saturated carbocycles. The van der Waals surface area contributed by atoms with Gasteiger partial charge in [-0.15, -0.1) is 0 Å². The topological polar surface area (TPSA) is 96.5 Å². The van der Waals surface area contributed by atoms with E-state index in [1.807, 2.05) is 0 Å². The maximum Gasteiger partial charge on any atom is 0.315 e. The third-order valence-electron chi connectivity index (χ3n) is 5.31. The van der Waals surface area contributed by atoms with Gasteiger partial charge in [0, 0.05) is 19.1 Å². The minimum atomic E-state index is -3.32. The molecule has 0 bridgehead atoms. The summed E-state index contributed by atoms with van der Waals surface area (Å²) < 4.78 is 31.2. The summed E-state index contributed by atoms with van der Waals surface area (Å²) in [4.78, 5) is 12.1. The molecular formula is C15H27N3O4S. The highest BCUT2D eigenvalue weighted by Crippen LogP contribution is 2.39. The number of hydrogen-bond acceptors (Lipinski definition) is 4. The summed E-state index contributed by atoms with van der Waals surface area (Å²) in [7, 11) is -3.32. The molecule has 1 aliphatic heterocycles. The molecule has 0 radical (unpaired) electrons. The number of amides is 2. The zero-order chi connectivity index (χ0) is 16.4. The molecule has 0 spiro atoms. The number of nitrogens with one attached hydrogen (secondary N) is 3. The molecule has 3 aliphatic rings. The Morgan fingerprint density at radius 3 is 2.57 bits per heavy atom. The predicted molar refractivity (Wildman–Crippen MR) is 86.5 cm³/mol. The normalized spacial score (nSPS) is 34.5. The van der Waals surface area contributed by atoms with Gasteiger partial charge in [-0.1, -0.05) is 19.3 Å². The van der Waals surface area contributed by atoms with Crippen LogP contribution in [0.2, 0.25) is 0 Å². The molecular weight excluding hydrogens is 318 g/mol. The Bertz CT molecular complexity index is 533. The van der Waals surface area contributed by atoms with E-state index in [0.717, 1.165) is 12.7 Å². The van der Waals surface area contributed by atoms with Crippen molar-refractivity contribution in [3.05, 3.63) is 0 Å². The zero-order valence-electron chi connectivity index (χ0n) is 13.6. The van der Waals surface area contributed by atoms with Crippen molar-refractivity contribution in [2.75, 3.05) is 19.4 Å². The molecule has 1 heterocycles. The van der Waals surface area contributed by atoms with Crippen LogP contribution in [-0.2, 0) is 14.8 Å². The minimum Gasteiger partial charge on any atom is -0.376 e. The molecule has 3 fully saturated rings. The van der Waals surface area contributed by atoms with Gasteiger partial charge in [-0.25, -0.2) is 17.9 Å². The summed E-state index contributed by atoms with van der Waals surface area (Å²) in [5, 5.41) is 5.89. The highest BCUT2D eigenvalue weighted by Gasteiger charge is 2.55. The van der Waals surface area contributed by atoms with Gasteiger partial charge >= 0.3 is 6.03 Å². The fourth-order valence-electron chi connectivity index (χ4n) is 4.12. The lowest BCUT2D eigenvalue weighted by molar-refractivity contribution is -0.0175. The van der Waals surface area contributed by atoms with Gasteiger partial charge in [0.1, 0.15) is 0 Å². The van der Waals surface area contributed by atoms with E-state index in [9.17, 15) is 13.2 Å². The molecule has 0 unspecified atom stereocenters. The van der Waals surface area contributed by atoms with Crippen molar-refractivity contribution in [3.8, 4) is 0 Å². The molecule has 8 heteroatoms. The SMILES string of the molecule is CS(=O)(=O)N[C@@H]1[C@@H](NC(=O)NCC2CCCCC2)[C@H]2CCO[C@H]21. The lowest BCUT2D eigenvalue weighted by atomic mass is 9.72. The van der Waals surface area contributed by atoms with Gasteiger partial charge in [0.15, 0.2) is 0 Å². The first-order chi connectivity index (χ1) is 10.9. The van der Waals surface area contributed by atoms with E-state index in [1.54, 1.807) is 0 Å². The van der Waals surface area contributed by atoms with Crippen molar-refractivity contribution >= 4 is 16.1 Å². The number of carbonyl (C=O) groups is 1. The molecule has 2 aliphatic carbocycles. The molecule has 23 heavy (non-hydrogen) atoms. The number of carbonyl (C=O) groups excluding carboxylic acids is 1. The second-order valence-corrected chi connectivity index (χ2v) is 8.87. The number of hydrogen-bond donors (Lipinski definition) is 3. The van der Waals surface area contributed by atoms with Crippen LogP contribution in [0.4, 0.5) is 4.79 Å². The predicted octanol–water partition coefficient (Wildman–Crippen LogP) is 0.571. The Morgan fingerprint density at radius 1 is 1.13 bits per heavy atom. The first-order valence-electron chi connectivity index (χ1n) is 8.57. The largest absolute Gasteiger partial charge is 0.376 e. The highest BCUT2D eigenvalue weighted by molar-refractivity contribution is 7.88. The minimum absolute atomic E-state index is 0.117. The Labute approximate surface area is 138 Å². The van der Waals surface area contributed by atoms with Crippen molar-refractivity contribution in [1.82, 2.24) is 15.4 Å². The van der Waals surface area contributed by atoms with Crippen LogP contribution in [0.1, 0.15) is 38.5 Å². The molecule has 2 amide bonds. The van der Waals surface area contributed by atoms with E-state index < -0.39 is 10.0 Å². The highest BCUT2D eigenvalue weighted by atomic mass is 32.2. The summed E-state index contributed by atoms with van der Waals surface area (Å²) in [5.74, 6) is 0.776. The molecule has 1 saturated heterocycles. The van der Waals surface area contributed by atoms with Gasteiger partial charge < -0.3 is 15.4 Å². The van der Waals surface area contributed by atoms with Gasteiger partial charge in [0.05, 0.1) is 24.4 Å². The van der Waals surface area contributed by atoms with Crippen LogP contribution in [-0.4, -0.2) is 52.0 Å². The molecule has 3 N–H and O–H groups in total. The average Bonchev–Trinajstić information content (AvgIpc) is 2.93. The fourth-order valence-corrected chi connectivity index (χ4v) is 4.90. The molecule has 4 atom stereocenters. The van der Waals surface area contributed by atoms with Gasteiger partial charge in [-0.3, -0.25) is 0 Å². The third kappa shape index (κ3) is 4.16. The van der Waals surface area contributed by atoms with E-state index in [2.05, 4.69) is 15.4 Å². The number of sulfonamides is 1. The number of rotatable bonds is 5. The molecule has 7 nitrogen and oxygen atoms in total. The fraction of sp³-hybridized carbons (Fsp3) is 0.933. The number of fused-ring (bicyclic) bond motifs is 1. The lowest BCUT2D eigenvalue weighted by Gasteiger charge is -2.47. The van der Waals surface area contributed by atoms with E-state index in [4.69, 9.17) is 4.74 Å². The summed E-state index contributed by atoms with van der Waals surface area (Å²) in [6.45, 7) is 1.33. The van der Waals surface area contributed by atoms with Crippen molar-refractivity contribution in [2.24, 2.45) is 11.8 Å². The summed E-state index contributed by atoms with van der Waals surface area (Å²) >= 11 is 0. The third-order valence-corrected chi connectivity index (χ3v) is 6.01. The van der Waals surface area contributed by atoms with Gasteiger partial charge in [-0.2, -0.15) is 0 Å². The monoisotopic (exact) mass is 345 g/mol. The quantitative estimate of drug-likeness (QED) is 0.679. The summed E-state index contributed by atoms with van der Waals surface area (Å²) in [6.07, 6.45) is 8.03. The van der Waals surface area contributed by atoms with Crippen LogP contribution in [0.3, 0.4) is 0 Å². The Kier molecular flexibility index (Phi) is 5.13. The van der Waals surface area contributed by atoms with Crippen molar-refractivity contribution < 1.29 is 17.9 Å². The maximum atomic E-state index is 12.1. The van der Waals surface area contributed by atoms with Crippen LogP contribution in [0.25, 0.3) is 0 Å². The maximum absolute atomic E-state index is 12.1. The van der Waals surface area contributed by atoms with E-state index in [1.165, 1.54) is 32.1 Å². The number of ether oxygens (including phenoxy) is 1. The van der Waals surface area contributed by atoms with Crippen molar-refractivity contribution in [1.29, 1.82) is 0 Å². The van der Waals surface area contributed by atoms with E-state index in [-0.39, 0.29) is 30.1 Å². The van der Waals surface area contributed by atoms with Crippen molar-refractivity contribution in [2.45, 2.75) is 56.7 Å². The van der Waals surface area contributed by atoms with Crippen LogP contribution < -0.4 is 15.4 Å². The lowest BCUT2D eigenvalue weighted by Crippen LogP contribution is -2.71. The van der Waals surface area contributed by atoms with Gasteiger partial charge in [0.25, 0.3) is 0 Å². The second-order valence-electron chi connectivity index (χ2n) is 7.09. The van der Waals surface area contributed by atoms with Crippen LogP contribution in [0, 0.1) is 11.8 Å². The summed E-state index contributed by atoms with van der Waals surface area (Å²) in [5.41, 5.74) is 0. The standard InChI is InChI=1S/C15H27N3O4S/c1-23(20,21)18-13-12(11-7-8-22-14(11)13)17-15(19)16-9-10-5-3-2-4-6-10/h10-14,18H,2-9H2,1H3,(H2,16,17,19)/t11-,12+,13-,14-/m1/s1. The first kappa shape index (κ1) is 17.0. The average molecular weight is 345 g/mol. The zero-order valence-corrected chi connectivity index (χ0v) is 14.4. The molecule has 0 aromatic rings. The van der Waals surface area contributed by atoms with Crippen molar-refractivity contribution in [3.63, 3.8) is 0 Å². The van der Waals surface area contributed by atoms with E-state index >= 15 is 0 Å². The van der Waals surface area contributed by atoms with E-state index in [0.29, 0.717) is 19.1 Å². The molecule has 0 aromatic heterocycles. The Hall–Kier alpha value is -0.860. The number of urea groups is 1. The Morgan fingerprint density at radius 2 is 1.87 bits per heavy atom. The summed E-state index contributed by atoms with van der Waals surface area (Å²) in [6, 6.07) is -0.757. The molecule has 132 valence electrons. The van der Waals surface area contributed by atoms with Gasteiger partial charge in [-0.05, 0) is 25.2 Å². The molecule has 3 rings (SSSR count). The smallest absolute Gasteiger partial charge is 0.315 e. The Balaban J connectivity index is 1.49. The van der Waals surface area contributed by atoms with Crippen LogP contribution in [0.15, 0.2) is 0 Å². The van der Waals surface area contributed by atoms with Crippen LogP contribution >= 0.6 is 0 Å². The molecule has 0 aromatic carbocycles. The second kappa shape index (κ2) is 6.94. The van der Waals surface area contributed by atoms with Gasteiger partial charge in [0.2, 0.25) is 10.0 Å².